The molecule has 0 aliphatic carbocycles. The summed E-state index contributed by atoms with van der Waals surface area (Å²) < 4.78 is 0. The maximum Gasteiger partial charge on any atom is 0.163 e. The molecular formula is C12H11ClO3. The molecule has 4 heteroatoms. The highest BCUT2D eigenvalue weighted by molar-refractivity contribution is 6.32. The molecule has 1 aromatic rings. The standard InChI is InChI=1S/C12H11ClO3/c1-8(14)6-10(15)4-2-9-3-5-11(16)7-12(9)13/h2-5,7,16H,6H2,1H3. The molecule has 0 atom stereocenters. The molecule has 3 nitrogen and oxygen atoms in total. The Bertz CT molecular complexity index is 450. The maximum atomic E-state index is 11.2. The average molecular weight is 239 g/mol. The maximum absolute atomic E-state index is 11.2. The molecule has 16 heavy (non-hydrogen) atoms. The topological polar surface area (TPSA) is 54.4 Å². The van der Waals surface area contributed by atoms with Crippen molar-refractivity contribution in [2.45, 2.75) is 13.3 Å². The highest BCUT2D eigenvalue weighted by Crippen LogP contribution is 2.22. The van der Waals surface area contributed by atoms with Gasteiger partial charge in [-0.1, -0.05) is 11.6 Å². The third kappa shape index (κ3) is 3.87. The van der Waals surface area contributed by atoms with Crippen LogP contribution in [0.3, 0.4) is 0 Å². The molecule has 0 radical (unpaired) electrons. The van der Waals surface area contributed by atoms with Crippen LogP contribution >= 0.6 is 11.6 Å². The van der Waals surface area contributed by atoms with Crippen molar-refractivity contribution in [1.29, 1.82) is 0 Å². The number of ketones is 2. The van der Waals surface area contributed by atoms with E-state index >= 15 is 0 Å². The van der Waals surface area contributed by atoms with E-state index in [0.29, 0.717) is 10.6 Å². The molecule has 0 fully saturated rings. The second kappa shape index (κ2) is 5.47. The zero-order valence-corrected chi connectivity index (χ0v) is 9.49. The summed E-state index contributed by atoms with van der Waals surface area (Å²) in [5, 5.41) is 9.47. The van der Waals surface area contributed by atoms with Crippen LogP contribution in [0.4, 0.5) is 0 Å². The largest absolute Gasteiger partial charge is 0.508 e. The molecule has 0 unspecified atom stereocenters. The lowest BCUT2D eigenvalue weighted by Gasteiger charge is -1.98. The lowest BCUT2D eigenvalue weighted by molar-refractivity contribution is -0.123. The molecule has 0 heterocycles. The van der Waals surface area contributed by atoms with Gasteiger partial charge in [0.25, 0.3) is 0 Å². The Morgan fingerprint density at radius 3 is 2.69 bits per heavy atom. The first kappa shape index (κ1) is 12.5. The Morgan fingerprint density at radius 2 is 2.12 bits per heavy atom. The predicted molar refractivity (Wildman–Crippen MR) is 62.5 cm³/mol. The summed E-state index contributed by atoms with van der Waals surface area (Å²) in [5.41, 5.74) is 0.622. The van der Waals surface area contributed by atoms with Crippen LogP contribution in [0.2, 0.25) is 5.02 Å². The van der Waals surface area contributed by atoms with Crippen molar-refractivity contribution in [3.63, 3.8) is 0 Å². The number of hydrogen-bond acceptors (Lipinski definition) is 3. The Labute approximate surface area is 98.4 Å². The van der Waals surface area contributed by atoms with E-state index in [4.69, 9.17) is 16.7 Å². The minimum absolute atomic E-state index is 0.0669. The van der Waals surface area contributed by atoms with Crippen molar-refractivity contribution in [3.05, 3.63) is 34.9 Å². The van der Waals surface area contributed by atoms with E-state index in [9.17, 15) is 9.59 Å². The molecule has 1 N–H and O–H groups in total. The zero-order chi connectivity index (χ0) is 12.1. The number of phenolic OH excluding ortho intramolecular Hbond substituents is 1. The van der Waals surface area contributed by atoms with Crippen LogP contribution in [-0.2, 0) is 9.59 Å². The fourth-order valence-corrected chi connectivity index (χ4v) is 1.38. The van der Waals surface area contributed by atoms with Crippen LogP contribution in [0.15, 0.2) is 24.3 Å². The Balaban J connectivity index is 2.76. The van der Waals surface area contributed by atoms with Crippen LogP contribution in [0.25, 0.3) is 6.08 Å². The van der Waals surface area contributed by atoms with Crippen molar-refractivity contribution >= 4 is 29.2 Å². The normalized spacial score (nSPS) is 10.6. The predicted octanol–water partition coefficient (Wildman–Crippen LogP) is 2.61. The molecule has 0 bridgehead atoms. The molecule has 84 valence electrons. The number of Topliss-reactive ketones (excluding diaryl/α,β-unsaturated/α-hetero) is 1. The average Bonchev–Trinajstić information content (AvgIpc) is 2.15. The van der Waals surface area contributed by atoms with Crippen LogP contribution in [0, 0.1) is 0 Å². The van der Waals surface area contributed by atoms with Crippen LogP contribution in [0.5, 0.6) is 5.75 Å². The van der Waals surface area contributed by atoms with E-state index in [-0.39, 0.29) is 23.7 Å². The number of phenols is 1. The minimum Gasteiger partial charge on any atom is -0.508 e. The molecule has 0 aliphatic rings. The van der Waals surface area contributed by atoms with Gasteiger partial charge in [0.2, 0.25) is 0 Å². The number of carbonyl (C=O) groups excluding carboxylic acids is 2. The molecule has 0 saturated carbocycles. The number of allylic oxidation sites excluding steroid dienone is 1. The fraction of sp³-hybridized carbons (Fsp3) is 0.167. The van der Waals surface area contributed by atoms with Gasteiger partial charge in [0, 0.05) is 0 Å². The van der Waals surface area contributed by atoms with Crippen LogP contribution < -0.4 is 0 Å². The summed E-state index contributed by atoms with van der Waals surface area (Å²) in [5.74, 6) is -0.375. The monoisotopic (exact) mass is 238 g/mol. The van der Waals surface area contributed by atoms with E-state index in [1.54, 1.807) is 6.07 Å². The highest BCUT2D eigenvalue weighted by atomic mass is 35.5. The molecule has 0 spiro atoms. The summed E-state index contributed by atoms with van der Waals surface area (Å²) in [6, 6.07) is 4.45. The first-order chi connectivity index (χ1) is 7.49. The van der Waals surface area contributed by atoms with E-state index in [1.807, 2.05) is 0 Å². The van der Waals surface area contributed by atoms with Gasteiger partial charge in [0.1, 0.15) is 11.5 Å². The number of carbonyl (C=O) groups is 2. The summed E-state index contributed by atoms with van der Waals surface area (Å²) in [4.78, 5) is 21.9. The third-order valence-corrected chi connectivity index (χ3v) is 2.18. The SMILES string of the molecule is CC(=O)CC(=O)C=Cc1ccc(O)cc1Cl. The quantitative estimate of drug-likeness (QED) is 0.648. The molecule has 1 rings (SSSR count). The van der Waals surface area contributed by atoms with Gasteiger partial charge in [-0.3, -0.25) is 9.59 Å². The number of aromatic hydroxyl groups is 1. The second-order valence-electron chi connectivity index (χ2n) is 3.38. The lowest BCUT2D eigenvalue weighted by atomic mass is 10.1. The van der Waals surface area contributed by atoms with Crippen molar-refractivity contribution in [1.82, 2.24) is 0 Å². The van der Waals surface area contributed by atoms with Gasteiger partial charge < -0.3 is 5.11 Å². The van der Waals surface area contributed by atoms with E-state index in [1.165, 1.54) is 31.2 Å². The number of rotatable bonds is 4. The Hall–Kier alpha value is -1.61. The second-order valence-corrected chi connectivity index (χ2v) is 3.79. The molecule has 1 aromatic carbocycles. The molecule has 0 saturated heterocycles. The summed E-state index contributed by atoms with van der Waals surface area (Å²) in [7, 11) is 0. The van der Waals surface area contributed by atoms with Crippen molar-refractivity contribution in [2.75, 3.05) is 0 Å². The van der Waals surface area contributed by atoms with E-state index in [0.717, 1.165) is 0 Å². The zero-order valence-electron chi connectivity index (χ0n) is 8.74. The first-order valence-electron chi connectivity index (χ1n) is 4.68. The van der Waals surface area contributed by atoms with Crippen molar-refractivity contribution in [2.24, 2.45) is 0 Å². The van der Waals surface area contributed by atoms with Crippen molar-refractivity contribution < 1.29 is 14.7 Å². The molecule has 0 aliphatic heterocycles. The summed E-state index contributed by atoms with van der Waals surface area (Å²) >= 11 is 5.83. The van der Waals surface area contributed by atoms with Gasteiger partial charge >= 0.3 is 0 Å². The van der Waals surface area contributed by atoms with Gasteiger partial charge in [0.05, 0.1) is 11.4 Å². The van der Waals surface area contributed by atoms with Gasteiger partial charge in [-0.25, -0.2) is 0 Å². The van der Waals surface area contributed by atoms with Gasteiger partial charge in [-0.05, 0) is 42.8 Å². The first-order valence-corrected chi connectivity index (χ1v) is 5.05. The van der Waals surface area contributed by atoms with Gasteiger partial charge in [-0.2, -0.15) is 0 Å². The summed E-state index contributed by atoms with van der Waals surface area (Å²) in [6.45, 7) is 1.36. The Morgan fingerprint density at radius 1 is 1.44 bits per heavy atom. The minimum atomic E-state index is -0.267. The summed E-state index contributed by atoms with van der Waals surface area (Å²) in [6.07, 6.45) is 2.72. The molecule has 0 amide bonds. The number of hydrogen-bond donors (Lipinski definition) is 1. The van der Waals surface area contributed by atoms with Crippen LogP contribution in [0.1, 0.15) is 18.9 Å². The molecule has 0 aromatic heterocycles. The lowest BCUT2D eigenvalue weighted by Crippen LogP contribution is -1.99. The Kier molecular flexibility index (Phi) is 4.26. The van der Waals surface area contributed by atoms with Crippen LogP contribution in [-0.4, -0.2) is 16.7 Å². The van der Waals surface area contributed by atoms with Gasteiger partial charge in [-0.15, -0.1) is 0 Å². The number of benzene rings is 1. The van der Waals surface area contributed by atoms with Gasteiger partial charge in [0.15, 0.2) is 5.78 Å². The number of halogens is 1. The third-order valence-electron chi connectivity index (χ3n) is 1.86. The molecular weight excluding hydrogens is 228 g/mol. The highest BCUT2D eigenvalue weighted by Gasteiger charge is 2.02. The van der Waals surface area contributed by atoms with E-state index < -0.39 is 0 Å². The fourth-order valence-electron chi connectivity index (χ4n) is 1.14. The van der Waals surface area contributed by atoms with E-state index in [2.05, 4.69) is 0 Å². The van der Waals surface area contributed by atoms with Crippen molar-refractivity contribution in [3.8, 4) is 5.75 Å². The smallest absolute Gasteiger partial charge is 0.163 e.